The molecule has 0 aromatic carbocycles. The molecule has 1 heterocycles. The van der Waals surface area contributed by atoms with E-state index in [0.29, 0.717) is 0 Å². The molecule has 0 saturated carbocycles. The van der Waals surface area contributed by atoms with Gasteiger partial charge in [0.15, 0.2) is 20.0 Å². The number of hydrogen-bond donors (Lipinski definition) is 0. The molecule has 7 nitrogen and oxygen atoms in total. The Labute approximate surface area is 232 Å². The lowest BCUT2D eigenvalue weighted by molar-refractivity contribution is -0.890. The molecule has 274 valence electrons. The maximum Gasteiger partial charge on any atom is 0.572 e. The minimum absolute atomic E-state index is 0.778. The van der Waals surface area contributed by atoms with Gasteiger partial charge in [-0.05, 0) is 0 Å². The number of aromatic nitrogens is 2. The molecule has 1 aromatic rings. The topological polar surface area (TPSA) is 91.2 Å². The Morgan fingerprint density at radius 2 is 0.804 bits per heavy atom. The minimum Gasteiger partial charge on any atom is -0.421 e. The van der Waals surface area contributed by atoms with E-state index in [2.05, 4.69) is 0 Å². The number of nitrogens with zero attached hydrogens (tertiary/aromatic N) is 3. The summed E-state index contributed by atoms with van der Waals surface area (Å²) in [6, 6.07) is -7.83. The Kier molecular flexibility index (Phi) is 10.8. The van der Waals surface area contributed by atoms with Crippen LogP contribution in [0, 0.1) is 18.0 Å². The highest BCUT2D eigenvalue weighted by atomic mass is 32.3. The first kappa shape index (κ1) is 43.3. The van der Waals surface area contributed by atoms with Crippen LogP contribution in [0.15, 0.2) is 0 Å². The number of imidazole rings is 1. The van der Waals surface area contributed by atoms with E-state index in [-0.39, 0.29) is 0 Å². The first-order valence-electron chi connectivity index (χ1n) is 9.01. The molecular formula is C12F25N3O4S2. The maximum absolute atomic E-state index is 13.6. The molecule has 46 heavy (non-hydrogen) atoms. The summed E-state index contributed by atoms with van der Waals surface area (Å²) in [6.07, 6.45) is -18.6. The van der Waals surface area contributed by atoms with Crippen LogP contribution in [0.4, 0.5) is 110 Å². The van der Waals surface area contributed by atoms with Crippen LogP contribution in [0.1, 0.15) is 0 Å². The normalized spacial score (nSPS) is 15.5. The van der Waals surface area contributed by atoms with E-state index in [1.165, 1.54) is 0 Å². The van der Waals surface area contributed by atoms with Crippen molar-refractivity contribution in [1.29, 1.82) is 0 Å². The summed E-state index contributed by atoms with van der Waals surface area (Å²) < 4.78 is 347. The molecule has 0 amide bonds. The Bertz CT molecular complexity index is 1450. The van der Waals surface area contributed by atoms with Crippen molar-refractivity contribution in [2.24, 2.45) is 0 Å². The Morgan fingerprint density at radius 3 is 1.04 bits per heavy atom. The van der Waals surface area contributed by atoms with Gasteiger partial charge in [0.1, 0.15) is 0 Å². The van der Waals surface area contributed by atoms with Crippen molar-refractivity contribution in [3.63, 3.8) is 0 Å². The fourth-order valence-electron chi connectivity index (χ4n) is 2.02. The summed E-state index contributed by atoms with van der Waals surface area (Å²) in [5, 5.41) is 0. The van der Waals surface area contributed by atoms with Crippen molar-refractivity contribution in [3.05, 3.63) is 22.1 Å². The molecule has 1 aromatic heterocycles. The number of hydrogen-bond acceptors (Lipinski definition) is 4. The van der Waals surface area contributed by atoms with Gasteiger partial charge in [-0.3, -0.25) is 0 Å². The van der Waals surface area contributed by atoms with Crippen molar-refractivity contribution in [1.82, 2.24) is 4.57 Å². The molecule has 0 spiro atoms. The largest absolute Gasteiger partial charge is 0.572 e. The van der Waals surface area contributed by atoms with Crippen molar-refractivity contribution >= 4 is 20.0 Å². The molecule has 0 saturated heterocycles. The minimum atomic E-state index is -8.56. The van der Waals surface area contributed by atoms with E-state index in [0.717, 1.165) is 4.13 Å². The van der Waals surface area contributed by atoms with Gasteiger partial charge in [0.05, 0.1) is 0 Å². The average Bonchev–Trinajstić information content (AvgIpc) is 2.98. The second-order valence-corrected chi connectivity index (χ2v) is 10.7. The lowest BCUT2D eigenvalue weighted by Crippen LogP contribution is -2.70. The zero-order chi connectivity index (χ0) is 38.1. The van der Waals surface area contributed by atoms with E-state index < -0.39 is 100 Å². The quantitative estimate of drug-likeness (QED) is 0.237. The van der Waals surface area contributed by atoms with Crippen molar-refractivity contribution in [2.75, 3.05) is 0 Å². The van der Waals surface area contributed by atoms with Gasteiger partial charge in [0.25, 0.3) is 0 Å². The van der Waals surface area contributed by atoms with E-state index in [1.807, 2.05) is 0 Å². The van der Waals surface area contributed by atoms with E-state index in [4.69, 9.17) is 0 Å². The predicted octanol–water partition coefficient (Wildman–Crippen LogP) is 6.38. The highest BCUT2D eigenvalue weighted by Crippen LogP contribution is 2.61. The van der Waals surface area contributed by atoms with Crippen molar-refractivity contribution in [2.45, 2.75) is 53.2 Å². The standard InChI is InChI=1S/C10F19N2.C2F6NO4S2/c11-1-2(12)31(10(27,28)29)3(13)30(1)9(25,26)7(20,21)5(16,17)4(14,15)6(18,19)8(22,23)24;3-1(4,5)14(10,11)9-15(12,13)2(6,7)8/q+1;-1. The second kappa shape index (κ2) is 11.5. The smallest absolute Gasteiger partial charge is 0.421 e. The first-order chi connectivity index (χ1) is 19.4. The fraction of sp³-hybridized carbons (Fsp3) is 0.750. The summed E-state index contributed by atoms with van der Waals surface area (Å²) in [5.41, 5.74) is -12.4. The molecule has 0 N–H and O–H groups in total. The van der Waals surface area contributed by atoms with Gasteiger partial charge < -0.3 is 4.13 Å². The van der Waals surface area contributed by atoms with Crippen LogP contribution in [0.5, 0.6) is 0 Å². The Hall–Kier alpha value is -2.68. The molecule has 0 aliphatic carbocycles. The highest BCUT2D eigenvalue weighted by molar-refractivity contribution is 8.13. The molecule has 0 bridgehead atoms. The van der Waals surface area contributed by atoms with Crippen LogP contribution in [0.3, 0.4) is 0 Å². The van der Waals surface area contributed by atoms with Gasteiger partial charge in [-0.1, -0.05) is 9.13 Å². The van der Waals surface area contributed by atoms with Crippen LogP contribution < -0.4 is 4.57 Å². The SMILES string of the molecule is Fc1c(F)[n+](C(F)(F)F)c(F)n1C(F)(F)C(F)(F)C(F)(F)C(F)(F)C(F)(F)C(F)(F)F.O=S(=O)([N-]S(=O)(=O)C(F)(F)F)C(F)(F)F. The van der Waals surface area contributed by atoms with Crippen LogP contribution in [-0.4, -0.2) is 62.3 Å². The van der Waals surface area contributed by atoms with Crippen LogP contribution in [0.2, 0.25) is 0 Å². The van der Waals surface area contributed by atoms with Crippen molar-refractivity contribution in [3.8, 4) is 0 Å². The fourth-order valence-corrected chi connectivity index (χ4v) is 3.73. The van der Waals surface area contributed by atoms with E-state index >= 15 is 0 Å². The van der Waals surface area contributed by atoms with Crippen LogP contribution in [0.25, 0.3) is 4.13 Å². The van der Waals surface area contributed by atoms with Crippen LogP contribution in [-0.2, 0) is 32.4 Å². The zero-order valence-electron chi connectivity index (χ0n) is 19.2. The molecule has 0 fully saturated rings. The van der Waals surface area contributed by atoms with Gasteiger partial charge in [0, 0.05) is 0 Å². The predicted molar refractivity (Wildman–Crippen MR) is 85.1 cm³/mol. The Morgan fingerprint density at radius 1 is 0.500 bits per heavy atom. The zero-order valence-corrected chi connectivity index (χ0v) is 20.9. The number of sulfonamides is 2. The third-order valence-corrected chi connectivity index (χ3v) is 6.90. The van der Waals surface area contributed by atoms with Gasteiger partial charge >= 0.3 is 71.2 Å². The third kappa shape index (κ3) is 6.95. The summed E-state index contributed by atoms with van der Waals surface area (Å²) in [7, 11) is -13.4. The molecule has 34 heteroatoms. The summed E-state index contributed by atoms with van der Waals surface area (Å²) in [5.74, 6) is -41.6. The lowest BCUT2D eigenvalue weighted by Gasteiger charge is -2.38. The maximum atomic E-state index is 13.6. The molecule has 0 unspecified atom stereocenters. The van der Waals surface area contributed by atoms with Gasteiger partial charge in [0.2, 0.25) is 0 Å². The van der Waals surface area contributed by atoms with Crippen molar-refractivity contribution < 1.29 is 131 Å². The molecule has 0 aliphatic heterocycles. The van der Waals surface area contributed by atoms with Gasteiger partial charge in [-0.15, -0.1) is 17.6 Å². The molecular weight excluding hydrogens is 789 g/mol. The first-order valence-corrected chi connectivity index (χ1v) is 11.9. The summed E-state index contributed by atoms with van der Waals surface area (Å²) in [4.78, 5) is 0. The van der Waals surface area contributed by atoms with Gasteiger partial charge in [-0.25, -0.2) is 16.8 Å². The number of rotatable bonds is 7. The summed E-state index contributed by atoms with van der Waals surface area (Å²) in [6.45, 7) is 0. The van der Waals surface area contributed by atoms with E-state index in [1.54, 1.807) is 0 Å². The molecule has 0 aliphatic rings. The van der Waals surface area contributed by atoms with E-state index in [9.17, 15) is 127 Å². The number of alkyl halides is 22. The van der Waals surface area contributed by atoms with Gasteiger partial charge in [-0.2, -0.15) is 92.2 Å². The monoisotopic (exact) mass is 789 g/mol. The Balaban J connectivity index is 0.00000113. The molecule has 0 radical (unpaired) electrons. The number of halogens is 25. The summed E-state index contributed by atoms with van der Waals surface area (Å²) >= 11 is 0. The molecule has 1 rings (SSSR count). The lowest BCUT2D eigenvalue weighted by atomic mass is 9.96. The highest BCUT2D eigenvalue weighted by Gasteiger charge is 2.93. The average molecular weight is 789 g/mol. The third-order valence-electron chi connectivity index (χ3n) is 4.16. The second-order valence-electron chi connectivity index (χ2n) is 7.24. The molecule has 0 atom stereocenters. The van der Waals surface area contributed by atoms with Crippen LogP contribution >= 0.6 is 0 Å².